The number of rotatable bonds is 5. The summed E-state index contributed by atoms with van der Waals surface area (Å²) in [6, 6.07) is 9.22. The lowest BCUT2D eigenvalue weighted by Crippen LogP contribution is -2.43. The second kappa shape index (κ2) is 7.05. The van der Waals surface area contributed by atoms with Crippen LogP contribution in [0.15, 0.2) is 41.0 Å². The Kier molecular flexibility index (Phi) is 4.66. The molecule has 8 nitrogen and oxygen atoms in total. The number of carbonyl (C=O) groups excluding carboxylic acids is 1. The van der Waals surface area contributed by atoms with Gasteiger partial charge in [-0.15, -0.1) is 0 Å². The summed E-state index contributed by atoms with van der Waals surface area (Å²) in [6.45, 7) is 0.817. The minimum atomic E-state index is -0.522. The van der Waals surface area contributed by atoms with E-state index in [1.54, 1.807) is 17.0 Å². The number of hydrogen-bond donors (Lipinski definition) is 1. The Labute approximate surface area is 143 Å². The van der Waals surface area contributed by atoms with Gasteiger partial charge in [0.15, 0.2) is 0 Å². The van der Waals surface area contributed by atoms with E-state index in [9.17, 15) is 14.9 Å². The van der Waals surface area contributed by atoms with Gasteiger partial charge < -0.3 is 14.6 Å². The zero-order valence-corrected chi connectivity index (χ0v) is 13.3. The van der Waals surface area contributed by atoms with Gasteiger partial charge in [-0.25, -0.2) is 0 Å². The van der Waals surface area contributed by atoms with Crippen molar-refractivity contribution in [1.29, 1.82) is 5.26 Å². The first-order chi connectivity index (χ1) is 12.1. The molecule has 1 atom stereocenters. The Morgan fingerprint density at radius 1 is 1.48 bits per heavy atom. The second-order valence-electron chi connectivity index (χ2n) is 5.72. The molecule has 0 bridgehead atoms. The quantitative estimate of drug-likeness (QED) is 0.660. The lowest BCUT2D eigenvalue weighted by Gasteiger charge is -2.25. The van der Waals surface area contributed by atoms with Crippen LogP contribution in [-0.4, -0.2) is 23.4 Å². The summed E-state index contributed by atoms with van der Waals surface area (Å²) in [7, 11) is 0. The van der Waals surface area contributed by atoms with Gasteiger partial charge in [-0.3, -0.25) is 14.9 Å². The van der Waals surface area contributed by atoms with E-state index < -0.39 is 11.0 Å². The van der Waals surface area contributed by atoms with Crippen LogP contribution in [0.5, 0.6) is 0 Å². The molecule has 3 rings (SSSR count). The van der Waals surface area contributed by atoms with E-state index in [1.807, 2.05) is 6.07 Å². The molecule has 1 aliphatic heterocycles. The van der Waals surface area contributed by atoms with Crippen molar-refractivity contribution in [2.75, 3.05) is 11.4 Å². The highest BCUT2D eigenvalue weighted by molar-refractivity contribution is 5.87. The molecule has 0 saturated carbocycles. The summed E-state index contributed by atoms with van der Waals surface area (Å²) in [4.78, 5) is 25.1. The predicted molar refractivity (Wildman–Crippen MR) is 88.7 cm³/mol. The van der Waals surface area contributed by atoms with Crippen molar-refractivity contribution in [3.05, 3.63) is 58.0 Å². The van der Waals surface area contributed by atoms with E-state index >= 15 is 0 Å². The molecule has 1 N–H and O–H groups in total. The predicted octanol–water partition coefficient (Wildman–Crippen LogP) is 2.34. The highest BCUT2D eigenvalue weighted by Crippen LogP contribution is 2.34. The van der Waals surface area contributed by atoms with Crippen molar-refractivity contribution in [2.45, 2.75) is 25.4 Å². The van der Waals surface area contributed by atoms with Crippen LogP contribution in [-0.2, 0) is 11.3 Å². The van der Waals surface area contributed by atoms with Crippen LogP contribution in [0.2, 0.25) is 0 Å². The Morgan fingerprint density at radius 2 is 2.32 bits per heavy atom. The molecule has 0 spiro atoms. The summed E-state index contributed by atoms with van der Waals surface area (Å²) >= 11 is 0. The van der Waals surface area contributed by atoms with Crippen LogP contribution in [0.25, 0.3) is 0 Å². The molecule has 8 heteroatoms. The van der Waals surface area contributed by atoms with Crippen molar-refractivity contribution < 1.29 is 14.1 Å². The number of nitrogens with one attached hydrogen (secondary N) is 1. The average Bonchev–Trinajstić information content (AvgIpc) is 3.30. The van der Waals surface area contributed by atoms with Crippen molar-refractivity contribution in [2.24, 2.45) is 0 Å². The fraction of sp³-hybridized carbons (Fsp3) is 0.294. The highest BCUT2D eigenvalue weighted by Gasteiger charge is 2.34. The van der Waals surface area contributed by atoms with Gasteiger partial charge in [0.1, 0.15) is 17.5 Å². The van der Waals surface area contributed by atoms with E-state index in [0.29, 0.717) is 24.4 Å². The minimum absolute atomic E-state index is 0.162. The number of amides is 1. The fourth-order valence-corrected chi connectivity index (χ4v) is 3.01. The summed E-state index contributed by atoms with van der Waals surface area (Å²) in [5.74, 6) is 0.440. The third-order valence-electron chi connectivity index (χ3n) is 4.18. The molecular formula is C17H16N4O4. The molecule has 2 aromatic rings. The topological polar surface area (TPSA) is 112 Å². The van der Waals surface area contributed by atoms with Crippen molar-refractivity contribution >= 4 is 17.3 Å². The Hall–Kier alpha value is -3.34. The first-order valence-corrected chi connectivity index (χ1v) is 7.85. The summed E-state index contributed by atoms with van der Waals surface area (Å²) in [5, 5.41) is 23.1. The molecular weight excluding hydrogens is 324 g/mol. The van der Waals surface area contributed by atoms with Gasteiger partial charge >= 0.3 is 0 Å². The Morgan fingerprint density at radius 3 is 3.00 bits per heavy atom. The van der Waals surface area contributed by atoms with Crippen molar-refractivity contribution in [3.63, 3.8) is 0 Å². The molecule has 25 heavy (non-hydrogen) atoms. The number of nitro benzene ring substituents is 1. The van der Waals surface area contributed by atoms with Gasteiger partial charge in [-0.05, 0) is 37.1 Å². The molecule has 0 aliphatic carbocycles. The van der Waals surface area contributed by atoms with E-state index in [-0.39, 0.29) is 23.7 Å². The second-order valence-corrected chi connectivity index (χ2v) is 5.72. The highest BCUT2D eigenvalue weighted by atomic mass is 16.6. The summed E-state index contributed by atoms with van der Waals surface area (Å²) in [6.07, 6.45) is 2.90. The van der Waals surface area contributed by atoms with Gasteiger partial charge in [0.25, 0.3) is 5.69 Å². The molecule has 1 aromatic carbocycles. The lowest BCUT2D eigenvalue weighted by molar-refractivity contribution is -0.384. The van der Waals surface area contributed by atoms with Crippen molar-refractivity contribution in [3.8, 4) is 6.07 Å². The number of benzene rings is 1. The number of hydrogen-bond acceptors (Lipinski definition) is 6. The van der Waals surface area contributed by atoms with Gasteiger partial charge in [-0.2, -0.15) is 5.26 Å². The summed E-state index contributed by atoms with van der Waals surface area (Å²) < 4.78 is 5.19. The van der Waals surface area contributed by atoms with Gasteiger partial charge in [-0.1, -0.05) is 0 Å². The maximum Gasteiger partial charge on any atom is 0.293 e. The third-order valence-corrected chi connectivity index (χ3v) is 4.18. The molecule has 1 unspecified atom stereocenters. The maximum absolute atomic E-state index is 12.5. The largest absolute Gasteiger partial charge is 0.467 e. The van der Waals surface area contributed by atoms with E-state index in [0.717, 1.165) is 6.42 Å². The van der Waals surface area contributed by atoms with Gasteiger partial charge in [0.05, 0.1) is 29.4 Å². The number of furan rings is 1. The van der Waals surface area contributed by atoms with Crippen LogP contribution in [0.3, 0.4) is 0 Å². The fourth-order valence-electron chi connectivity index (χ4n) is 3.01. The van der Waals surface area contributed by atoms with Crippen molar-refractivity contribution in [1.82, 2.24) is 5.32 Å². The first-order valence-electron chi connectivity index (χ1n) is 7.85. The minimum Gasteiger partial charge on any atom is -0.467 e. The Balaban J connectivity index is 1.80. The van der Waals surface area contributed by atoms with Crippen LogP contribution in [0.1, 0.15) is 24.2 Å². The number of anilines is 1. The standard InChI is InChI=1S/C17H16N4O4/c18-10-12-5-6-14(16(9-12)21(23)24)20-7-1-4-15(20)17(22)19-11-13-3-2-8-25-13/h2-3,5-6,8-9,15H,1,4,7,11H2,(H,19,22). The zero-order valence-electron chi connectivity index (χ0n) is 13.3. The molecule has 1 fully saturated rings. The molecule has 0 radical (unpaired) electrons. The van der Waals surface area contributed by atoms with Crippen LogP contribution in [0.4, 0.5) is 11.4 Å². The van der Waals surface area contributed by atoms with Gasteiger partial charge in [0, 0.05) is 12.6 Å². The zero-order chi connectivity index (χ0) is 17.8. The van der Waals surface area contributed by atoms with E-state index in [4.69, 9.17) is 9.68 Å². The Bertz CT molecular complexity index is 826. The van der Waals surface area contributed by atoms with Crippen LogP contribution in [0, 0.1) is 21.4 Å². The van der Waals surface area contributed by atoms with E-state index in [1.165, 1.54) is 24.5 Å². The first kappa shape index (κ1) is 16.5. The lowest BCUT2D eigenvalue weighted by atomic mass is 10.1. The molecule has 1 aliphatic rings. The number of nitrogens with zero attached hydrogens (tertiary/aromatic N) is 3. The molecule has 1 amide bonds. The average molecular weight is 340 g/mol. The monoisotopic (exact) mass is 340 g/mol. The van der Waals surface area contributed by atoms with E-state index in [2.05, 4.69) is 5.32 Å². The third kappa shape index (κ3) is 3.45. The summed E-state index contributed by atoms with van der Waals surface area (Å²) in [5.41, 5.74) is 0.415. The molecule has 1 saturated heterocycles. The van der Waals surface area contributed by atoms with Crippen LogP contribution >= 0.6 is 0 Å². The number of nitriles is 1. The van der Waals surface area contributed by atoms with Gasteiger partial charge in [0.2, 0.25) is 5.91 Å². The SMILES string of the molecule is N#Cc1ccc(N2CCCC2C(=O)NCc2ccco2)c([N+](=O)[O-])c1. The smallest absolute Gasteiger partial charge is 0.293 e. The normalized spacial score (nSPS) is 16.4. The maximum atomic E-state index is 12.5. The number of nitro groups is 1. The number of carbonyl (C=O) groups is 1. The van der Waals surface area contributed by atoms with Crippen LogP contribution < -0.4 is 10.2 Å². The molecule has 2 heterocycles. The molecule has 1 aromatic heterocycles. The molecule has 128 valence electrons.